The Labute approximate surface area is 152 Å². The van der Waals surface area contributed by atoms with E-state index >= 15 is 0 Å². The zero-order valence-corrected chi connectivity index (χ0v) is 15.7. The summed E-state index contributed by atoms with van der Waals surface area (Å²) in [5.41, 5.74) is 0.775. The van der Waals surface area contributed by atoms with E-state index in [4.69, 9.17) is 16.3 Å². The van der Waals surface area contributed by atoms with Crippen molar-refractivity contribution in [2.24, 2.45) is 0 Å². The largest absolute Gasteiger partial charge is 0.494 e. The maximum atomic E-state index is 12.4. The minimum absolute atomic E-state index is 0.0709. The van der Waals surface area contributed by atoms with Crippen LogP contribution in [0.2, 0.25) is 5.02 Å². The number of anilines is 1. The van der Waals surface area contributed by atoms with Gasteiger partial charge >= 0.3 is 0 Å². The zero-order chi connectivity index (χ0) is 18.4. The minimum atomic E-state index is -3.51. The molecular weight excluding hydrogens is 362 g/mol. The highest BCUT2D eigenvalue weighted by atomic mass is 35.5. The molecular formula is C18H20ClNO4S. The molecule has 0 saturated heterocycles. The molecule has 0 aliphatic rings. The van der Waals surface area contributed by atoms with Crippen molar-refractivity contribution in [1.29, 1.82) is 0 Å². The van der Waals surface area contributed by atoms with Crippen LogP contribution in [0.15, 0.2) is 47.4 Å². The van der Waals surface area contributed by atoms with E-state index in [1.165, 1.54) is 18.2 Å². The summed E-state index contributed by atoms with van der Waals surface area (Å²) in [5.74, 6) is 0.242. The average molecular weight is 382 g/mol. The summed E-state index contributed by atoms with van der Waals surface area (Å²) in [6, 6.07) is 11.2. The summed E-state index contributed by atoms with van der Waals surface area (Å²) in [7, 11) is -3.51. The fourth-order valence-corrected chi connectivity index (χ4v) is 3.43. The predicted molar refractivity (Wildman–Crippen MR) is 99.4 cm³/mol. The van der Waals surface area contributed by atoms with Crippen LogP contribution in [0.25, 0.3) is 0 Å². The number of ether oxygens (including phenoxy) is 1. The number of amides is 1. The lowest BCUT2D eigenvalue weighted by Gasteiger charge is -2.10. The molecule has 0 aliphatic heterocycles. The van der Waals surface area contributed by atoms with Crippen LogP contribution in [0.5, 0.6) is 5.75 Å². The Hall–Kier alpha value is -2.05. The highest BCUT2D eigenvalue weighted by Crippen LogP contribution is 2.24. The first kappa shape index (κ1) is 19.3. The van der Waals surface area contributed by atoms with Crippen LogP contribution in [-0.4, -0.2) is 27.2 Å². The number of rotatable bonds is 7. The van der Waals surface area contributed by atoms with Crippen LogP contribution >= 0.6 is 11.6 Å². The summed E-state index contributed by atoms with van der Waals surface area (Å²) < 4.78 is 29.1. The third-order valence-corrected chi connectivity index (χ3v) is 5.03. The SMILES string of the molecule is CCCCOc1cccc(NC(=O)c2ccc(Cl)c(S(C)(=O)=O)c2)c1. The molecule has 2 rings (SSSR count). The number of hydrogen-bond acceptors (Lipinski definition) is 4. The van der Waals surface area contributed by atoms with Crippen molar-refractivity contribution in [3.63, 3.8) is 0 Å². The summed E-state index contributed by atoms with van der Waals surface area (Å²) >= 11 is 5.90. The molecule has 0 unspecified atom stereocenters. The fraction of sp³-hybridized carbons (Fsp3) is 0.278. The van der Waals surface area contributed by atoms with Crippen molar-refractivity contribution in [2.75, 3.05) is 18.2 Å². The van der Waals surface area contributed by atoms with Gasteiger partial charge in [-0.1, -0.05) is 31.0 Å². The molecule has 0 radical (unpaired) electrons. The van der Waals surface area contributed by atoms with Crippen molar-refractivity contribution in [1.82, 2.24) is 0 Å². The van der Waals surface area contributed by atoms with E-state index in [1.807, 2.05) is 6.07 Å². The number of nitrogens with one attached hydrogen (secondary N) is 1. The van der Waals surface area contributed by atoms with E-state index in [-0.39, 0.29) is 15.5 Å². The predicted octanol–water partition coefficient (Wildman–Crippen LogP) is 4.17. The van der Waals surface area contributed by atoms with Crippen LogP contribution in [0.1, 0.15) is 30.1 Å². The van der Waals surface area contributed by atoms with E-state index in [2.05, 4.69) is 12.2 Å². The minimum Gasteiger partial charge on any atom is -0.494 e. The summed E-state index contributed by atoms with van der Waals surface area (Å²) in [5, 5.41) is 2.82. The number of carbonyl (C=O) groups is 1. The topological polar surface area (TPSA) is 72.5 Å². The first-order valence-electron chi connectivity index (χ1n) is 7.85. The van der Waals surface area contributed by atoms with Crippen molar-refractivity contribution in [3.05, 3.63) is 53.1 Å². The van der Waals surface area contributed by atoms with Crippen LogP contribution in [-0.2, 0) is 9.84 Å². The Bertz CT molecular complexity index is 865. The van der Waals surface area contributed by atoms with Crippen LogP contribution < -0.4 is 10.1 Å². The molecule has 5 nitrogen and oxygen atoms in total. The van der Waals surface area contributed by atoms with Gasteiger partial charge in [-0.05, 0) is 36.8 Å². The molecule has 0 heterocycles. The van der Waals surface area contributed by atoms with Gasteiger partial charge in [0.25, 0.3) is 5.91 Å². The van der Waals surface area contributed by atoms with E-state index in [9.17, 15) is 13.2 Å². The Morgan fingerprint density at radius 3 is 2.64 bits per heavy atom. The second kappa shape index (κ2) is 8.36. The molecule has 0 saturated carbocycles. The van der Waals surface area contributed by atoms with Crippen molar-refractivity contribution in [3.8, 4) is 5.75 Å². The molecule has 1 amide bonds. The van der Waals surface area contributed by atoms with E-state index in [1.54, 1.807) is 18.2 Å². The van der Waals surface area contributed by atoms with Gasteiger partial charge in [0, 0.05) is 23.6 Å². The molecule has 0 spiro atoms. The lowest BCUT2D eigenvalue weighted by molar-refractivity contribution is 0.102. The molecule has 2 aromatic rings. The second-order valence-electron chi connectivity index (χ2n) is 5.60. The first-order chi connectivity index (χ1) is 11.8. The van der Waals surface area contributed by atoms with E-state index < -0.39 is 15.7 Å². The highest BCUT2D eigenvalue weighted by molar-refractivity contribution is 7.90. The van der Waals surface area contributed by atoms with Gasteiger partial charge in [0.2, 0.25) is 0 Å². The van der Waals surface area contributed by atoms with Crippen LogP contribution in [0.4, 0.5) is 5.69 Å². The maximum Gasteiger partial charge on any atom is 0.255 e. The Balaban J connectivity index is 2.16. The number of carbonyl (C=O) groups excluding carboxylic acids is 1. The van der Waals surface area contributed by atoms with Crippen molar-refractivity contribution < 1.29 is 17.9 Å². The first-order valence-corrected chi connectivity index (χ1v) is 10.1. The van der Waals surface area contributed by atoms with Gasteiger partial charge in [-0.15, -0.1) is 0 Å². The number of benzene rings is 2. The lowest BCUT2D eigenvalue weighted by atomic mass is 10.2. The molecule has 0 aliphatic carbocycles. The summed E-state index contributed by atoms with van der Waals surface area (Å²) in [6.07, 6.45) is 3.04. The van der Waals surface area contributed by atoms with Gasteiger partial charge < -0.3 is 10.1 Å². The monoisotopic (exact) mass is 381 g/mol. The third kappa shape index (κ3) is 5.47. The van der Waals surface area contributed by atoms with Gasteiger partial charge in [0.1, 0.15) is 5.75 Å². The zero-order valence-electron chi connectivity index (χ0n) is 14.1. The molecule has 134 valence electrons. The van der Waals surface area contributed by atoms with Gasteiger partial charge in [-0.25, -0.2) is 8.42 Å². The van der Waals surface area contributed by atoms with Crippen molar-refractivity contribution in [2.45, 2.75) is 24.7 Å². The fourth-order valence-electron chi connectivity index (χ4n) is 2.13. The molecule has 0 bridgehead atoms. The van der Waals surface area contributed by atoms with Gasteiger partial charge in [0.15, 0.2) is 9.84 Å². The maximum absolute atomic E-state index is 12.4. The number of unbranched alkanes of at least 4 members (excludes halogenated alkanes) is 1. The molecule has 2 aromatic carbocycles. The molecule has 25 heavy (non-hydrogen) atoms. The second-order valence-corrected chi connectivity index (χ2v) is 7.99. The quantitative estimate of drug-likeness (QED) is 0.730. The highest BCUT2D eigenvalue weighted by Gasteiger charge is 2.16. The van der Waals surface area contributed by atoms with Crippen molar-refractivity contribution >= 4 is 33.0 Å². The normalized spacial score (nSPS) is 11.2. The smallest absolute Gasteiger partial charge is 0.255 e. The average Bonchev–Trinajstić information content (AvgIpc) is 2.54. The number of hydrogen-bond donors (Lipinski definition) is 1. The molecule has 7 heteroatoms. The molecule has 1 N–H and O–H groups in total. The molecule has 0 atom stereocenters. The Kier molecular flexibility index (Phi) is 6.45. The van der Waals surface area contributed by atoms with Crippen LogP contribution in [0.3, 0.4) is 0 Å². The van der Waals surface area contributed by atoms with Crippen LogP contribution in [0, 0.1) is 0 Å². The number of halogens is 1. The molecule has 0 aromatic heterocycles. The van der Waals surface area contributed by atoms with Gasteiger partial charge in [-0.3, -0.25) is 4.79 Å². The summed E-state index contributed by atoms with van der Waals surface area (Å²) in [4.78, 5) is 12.3. The third-order valence-electron chi connectivity index (χ3n) is 3.45. The molecule has 0 fully saturated rings. The lowest BCUT2D eigenvalue weighted by Crippen LogP contribution is -2.13. The Morgan fingerprint density at radius 2 is 1.96 bits per heavy atom. The summed E-state index contributed by atoms with van der Waals surface area (Å²) in [6.45, 7) is 2.69. The van der Waals surface area contributed by atoms with Gasteiger partial charge in [0.05, 0.1) is 16.5 Å². The Morgan fingerprint density at radius 1 is 1.20 bits per heavy atom. The van der Waals surface area contributed by atoms with Gasteiger partial charge in [-0.2, -0.15) is 0 Å². The number of sulfone groups is 1. The van der Waals surface area contributed by atoms with E-state index in [0.29, 0.717) is 18.0 Å². The standard InChI is InChI=1S/C18H20ClNO4S/c1-3-4-10-24-15-7-5-6-14(12-15)20-18(21)13-8-9-16(19)17(11-13)25(2,22)23/h5-9,11-12H,3-4,10H2,1-2H3,(H,20,21). The van der Waals surface area contributed by atoms with E-state index in [0.717, 1.165) is 19.1 Å².